The number of ether oxygens (including phenoxy) is 2. The van der Waals surface area contributed by atoms with Gasteiger partial charge in [0.05, 0.1) is 6.54 Å². The lowest BCUT2D eigenvalue weighted by Crippen LogP contribution is -2.39. The number of carbonyl (C=O) groups excluding carboxylic acids is 2. The summed E-state index contributed by atoms with van der Waals surface area (Å²) in [5, 5.41) is 8.45. The Kier molecular flexibility index (Phi) is 5.80. The Morgan fingerprint density at radius 3 is 2.62 bits per heavy atom. The van der Waals surface area contributed by atoms with E-state index in [2.05, 4.69) is 16.0 Å². The van der Waals surface area contributed by atoms with Gasteiger partial charge in [0.2, 0.25) is 5.91 Å². The number of hydrogen-bond donors (Lipinski definition) is 3. The Morgan fingerprint density at radius 1 is 1.00 bits per heavy atom. The summed E-state index contributed by atoms with van der Waals surface area (Å²) in [7, 11) is 0. The zero-order valence-corrected chi connectivity index (χ0v) is 14.6. The number of carbonyl (C=O) groups is 2. The first-order valence-corrected chi connectivity index (χ1v) is 8.43. The fourth-order valence-electron chi connectivity index (χ4n) is 2.38. The van der Waals surface area contributed by atoms with Crippen molar-refractivity contribution < 1.29 is 19.1 Å². The Labute approximate surface area is 155 Å². The topological polar surface area (TPSA) is 88.7 Å². The normalized spacial score (nSPS) is 12.2. The van der Waals surface area contributed by atoms with Crippen molar-refractivity contribution in [1.29, 1.82) is 0 Å². The molecule has 0 fully saturated rings. The molecule has 0 aromatic heterocycles. The quantitative estimate of drug-likeness (QED) is 0.749. The molecule has 0 saturated heterocycles. The summed E-state index contributed by atoms with van der Waals surface area (Å²) in [6, 6.07) is 11.9. The smallest absolute Gasteiger partial charge is 0.315 e. The molecule has 0 unspecified atom stereocenters. The number of halogens is 1. The number of rotatable bonds is 5. The monoisotopic (exact) mass is 375 g/mol. The van der Waals surface area contributed by atoms with Crippen LogP contribution in [0.4, 0.5) is 10.5 Å². The van der Waals surface area contributed by atoms with Gasteiger partial charge in [0.15, 0.2) is 11.5 Å². The number of urea groups is 1. The van der Waals surface area contributed by atoms with E-state index in [0.717, 1.165) is 5.56 Å². The molecule has 26 heavy (non-hydrogen) atoms. The maximum absolute atomic E-state index is 12.0. The van der Waals surface area contributed by atoms with Gasteiger partial charge in [-0.15, -0.1) is 0 Å². The van der Waals surface area contributed by atoms with Gasteiger partial charge in [-0.05, 0) is 29.8 Å². The molecular weight excluding hydrogens is 358 g/mol. The predicted octanol–water partition coefficient (Wildman–Crippen LogP) is 2.55. The van der Waals surface area contributed by atoms with Gasteiger partial charge in [0.1, 0.15) is 13.2 Å². The Hall–Kier alpha value is -2.93. The average molecular weight is 376 g/mol. The second-order valence-electron chi connectivity index (χ2n) is 5.57. The molecule has 1 aliphatic heterocycles. The minimum Gasteiger partial charge on any atom is -0.486 e. The Bertz CT molecular complexity index is 813. The second kappa shape index (κ2) is 8.44. The molecule has 3 rings (SSSR count). The first kappa shape index (κ1) is 17.9. The standard InChI is InChI=1S/C18H18ClN3O4/c19-13-3-1-2-12(8-13)10-20-18(24)21-11-17(23)22-14-4-5-15-16(9-14)26-7-6-25-15/h1-5,8-9H,6-7,10-11H2,(H,22,23)(H2,20,21,24). The minimum absolute atomic E-state index is 0.157. The maximum atomic E-state index is 12.0. The van der Waals surface area contributed by atoms with Crippen molar-refractivity contribution in [2.24, 2.45) is 0 Å². The fraction of sp³-hybridized carbons (Fsp3) is 0.222. The first-order chi connectivity index (χ1) is 12.6. The van der Waals surface area contributed by atoms with E-state index in [1.807, 2.05) is 6.07 Å². The lowest BCUT2D eigenvalue weighted by atomic mass is 10.2. The molecule has 3 amide bonds. The van der Waals surface area contributed by atoms with Gasteiger partial charge in [-0.25, -0.2) is 4.79 Å². The Balaban J connectivity index is 1.43. The molecule has 0 atom stereocenters. The van der Waals surface area contributed by atoms with Crippen LogP contribution in [-0.4, -0.2) is 31.7 Å². The lowest BCUT2D eigenvalue weighted by Gasteiger charge is -2.19. The molecule has 0 bridgehead atoms. The first-order valence-electron chi connectivity index (χ1n) is 8.06. The van der Waals surface area contributed by atoms with Crippen LogP contribution in [0.2, 0.25) is 5.02 Å². The highest BCUT2D eigenvalue weighted by Gasteiger charge is 2.13. The number of amides is 3. The van der Waals surface area contributed by atoms with Crippen LogP contribution < -0.4 is 25.4 Å². The zero-order chi connectivity index (χ0) is 18.4. The molecule has 0 spiro atoms. The van der Waals surface area contributed by atoms with Crippen LogP contribution in [0.1, 0.15) is 5.56 Å². The second-order valence-corrected chi connectivity index (χ2v) is 6.01. The third kappa shape index (κ3) is 5.03. The molecule has 1 aliphatic rings. The van der Waals surface area contributed by atoms with Crippen molar-refractivity contribution in [2.45, 2.75) is 6.54 Å². The zero-order valence-electron chi connectivity index (χ0n) is 13.9. The summed E-state index contributed by atoms with van der Waals surface area (Å²) in [6.45, 7) is 1.14. The number of nitrogens with one attached hydrogen (secondary N) is 3. The molecule has 3 N–H and O–H groups in total. The van der Waals surface area contributed by atoms with Crippen molar-refractivity contribution in [1.82, 2.24) is 10.6 Å². The Morgan fingerprint density at radius 2 is 1.81 bits per heavy atom. The van der Waals surface area contributed by atoms with Crippen LogP contribution in [0.25, 0.3) is 0 Å². The SMILES string of the molecule is O=C(CNC(=O)NCc1cccc(Cl)c1)Nc1ccc2c(c1)OCCO2. The summed E-state index contributed by atoms with van der Waals surface area (Å²) < 4.78 is 10.9. The van der Waals surface area contributed by atoms with E-state index in [4.69, 9.17) is 21.1 Å². The van der Waals surface area contributed by atoms with E-state index in [9.17, 15) is 9.59 Å². The molecule has 7 nitrogen and oxygen atoms in total. The highest BCUT2D eigenvalue weighted by Crippen LogP contribution is 2.32. The van der Waals surface area contributed by atoms with Crippen LogP contribution in [0.5, 0.6) is 11.5 Å². The molecule has 2 aromatic rings. The van der Waals surface area contributed by atoms with Gasteiger partial charge in [0, 0.05) is 23.3 Å². The number of benzene rings is 2. The van der Waals surface area contributed by atoms with Gasteiger partial charge in [-0.3, -0.25) is 4.79 Å². The van der Waals surface area contributed by atoms with E-state index in [-0.39, 0.29) is 12.5 Å². The molecule has 2 aromatic carbocycles. The van der Waals surface area contributed by atoms with Crippen molar-refractivity contribution in [3.05, 3.63) is 53.1 Å². The summed E-state index contributed by atoms with van der Waals surface area (Å²) >= 11 is 5.89. The molecule has 8 heteroatoms. The van der Waals surface area contributed by atoms with Crippen molar-refractivity contribution in [3.63, 3.8) is 0 Å². The summed E-state index contributed by atoms with van der Waals surface area (Å²) in [6.07, 6.45) is 0. The van der Waals surface area contributed by atoms with Crippen LogP contribution in [0, 0.1) is 0 Å². The van der Waals surface area contributed by atoms with Crippen LogP contribution in [0.15, 0.2) is 42.5 Å². The molecule has 0 saturated carbocycles. The van der Waals surface area contributed by atoms with Gasteiger partial charge >= 0.3 is 6.03 Å². The van der Waals surface area contributed by atoms with Crippen molar-refractivity contribution in [3.8, 4) is 11.5 Å². The largest absolute Gasteiger partial charge is 0.486 e. The van der Waals surface area contributed by atoms with E-state index in [1.165, 1.54) is 0 Å². The third-order valence-corrected chi connectivity index (χ3v) is 3.81. The van der Waals surface area contributed by atoms with Crippen molar-refractivity contribution in [2.75, 3.05) is 25.1 Å². The van der Waals surface area contributed by atoms with Gasteiger partial charge in [-0.1, -0.05) is 23.7 Å². The number of hydrogen-bond acceptors (Lipinski definition) is 4. The van der Waals surface area contributed by atoms with Crippen LogP contribution >= 0.6 is 11.6 Å². The fourth-order valence-corrected chi connectivity index (χ4v) is 2.59. The highest BCUT2D eigenvalue weighted by molar-refractivity contribution is 6.30. The summed E-state index contributed by atoms with van der Waals surface area (Å²) in [5.41, 5.74) is 1.44. The number of anilines is 1. The van der Waals surface area contributed by atoms with Gasteiger partial charge in [0.25, 0.3) is 0 Å². The number of fused-ring (bicyclic) bond motifs is 1. The maximum Gasteiger partial charge on any atom is 0.315 e. The van der Waals surface area contributed by atoms with Crippen molar-refractivity contribution >= 4 is 29.2 Å². The van der Waals surface area contributed by atoms with E-state index >= 15 is 0 Å². The van der Waals surface area contributed by atoms with Crippen LogP contribution in [0.3, 0.4) is 0 Å². The van der Waals surface area contributed by atoms with Crippen LogP contribution in [-0.2, 0) is 11.3 Å². The predicted molar refractivity (Wildman–Crippen MR) is 97.8 cm³/mol. The lowest BCUT2D eigenvalue weighted by molar-refractivity contribution is -0.115. The minimum atomic E-state index is -0.442. The van der Waals surface area contributed by atoms with E-state index in [1.54, 1.807) is 36.4 Å². The summed E-state index contributed by atoms with van der Waals surface area (Å²) in [5.74, 6) is 0.883. The van der Waals surface area contributed by atoms with E-state index in [0.29, 0.717) is 42.0 Å². The molecule has 136 valence electrons. The van der Waals surface area contributed by atoms with Gasteiger partial charge in [-0.2, -0.15) is 0 Å². The van der Waals surface area contributed by atoms with Gasteiger partial charge < -0.3 is 25.4 Å². The third-order valence-electron chi connectivity index (χ3n) is 3.58. The summed E-state index contributed by atoms with van der Waals surface area (Å²) in [4.78, 5) is 23.7. The molecule has 1 heterocycles. The molecule has 0 aliphatic carbocycles. The van der Waals surface area contributed by atoms with E-state index < -0.39 is 6.03 Å². The molecular formula is C18H18ClN3O4. The molecule has 0 radical (unpaired) electrons. The average Bonchev–Trinajstić information content (AvgIpc) is 2.65. The highest BCUT2D eigenvalue weighted by atomic mass is 35.5.